The Balaban J connectivity index is 2.02. The van der Waals surface area contributed by atoms with Gasteiger partial charge in [0, 0.05) is 0 Å². The van der Waals surface area contributed by atoms with Crippen LogP contribution in [0.5, 0.6) is 17.2 Å². The molecule has 0 spiro atoms. The van der Waals surface area contributed by atoms with Crippen molar-refractivity contribution in [1.29, 1.82) is 0 Å². The minimum atomic E-state index is -0.258. The quantitative estimate of drug-likeness (QED) is 0.695. The van der Waals surface area contributed by atoms with E-state index in [2.05, 4.69) is 0 Å². The van der Waals surface area contributed by atoms with E-state index < -0.39 is 0 Å². The Kier molecular flexibility index (Phi) is 6.49. The number of benzene rings is 2. The minimum absolute atomic E-state index is 0.211. The van der Waals surface area contributed by atoms with Crippen LogP contribution in [0.25, 0.3) is 0 Å². The highest BCUT2D eigenvalue weighted by molar-refractivity contribution is 5.72. The summed E-state index contributed by atoms with van der Waals surface area (Å²) in [6.07, 6.45) is 0.211. The van der Waals surface area contributed by atoms with Crippen molar-refractivity contribution in [3.8, 4) is 17.2 Å². The Bertz CT molecular complexity index is 664. The van der Waals surface area contributed by atoms with E-state index in [1.165, 1.54) is 0 Å². The number of hydrogen-bond donors (Lipinski definition) is 0. The normalized spacial score (nSPS) is 10.1. The van der Waals surface area contributed by atoms with E-state index in [0.29, 0.717) is 24.7 Å². The molecule has 2 aromatic carbocycles. The van der Waals surface area contributed by atoms with E-state index in [-0.39, 0.29) is 12.4 Å². The molecule has 0 atom stereocenters. The van der Waals surface area contributed by atoms with Crippen LogP contribution in [-0.2, 0) is 22.6 Å². The van der Waals surface area contributed by atoms with Crippen LogP contribution in [0.3, 0.4) is 0 Å². The fraction of sp³-hybridized carbons (Fsp3) is 0.316. The van der Waals surface area contributed by atoms with Crippen LogP contribution >= 0.6 is 0 Å². The minimum Gasteiger partial charge on any atom is -0.497 e. The second-order valence-electron chi connectivity index (χ2n) is 5.10. The van der Waals surface area contributed by atoms with E-state index in [0.717, 1.165) is 16.9 Å². The third-order valence-corrected chi connectivity index (χ3v) is 3.44. The maximum atomic E-state index is 11.6. The molecule has 0 saturated carbocycles. The predicted molar refractivity (Wildman–Crippen MR) is 90.7 cm³/mol. The van der Waals surface area contributed by atoms with Gasteiger partial charge in [-0.1, -0.05) is 18.2 Å². The summed E-state index contributed by atoms with van der Waals surface area (Å²) in [5, 5.41) is 0. The van der Waals surface area contributed by atoms with Crippen molar-refractivity contribution in [3.63, 3.8) is 0 Å². The zero-order chi connectivity index (χ0) is 17.4. The molecular formula is C19H22O5. The van der Waals surface area contributed by atoms with Crippen molar-refractivity contribution in [2.45, 2.75) is 20.0 Å². The number of rotatable bonds is 8. The average Bonchev–Trinajstić information content (AvgIpc) is 2.61. The molecule has 0 aromatic heterocycles. The summed E-state index contributed by atoms with van der Waals surface area (Å²) in [5.41, 5.74) is 1.84. The van der Waals surface area contributed by atoms with Gasteiger partial charge in [-0.15, -0.1) is 0 Å². The number of esters is 1. The molecule has 2 aromatic rings. The molecule has 24 heavy (non-hydrogen) atoms. The summed E-state index contributed by atoms with van der Waals surface area (Å²) in [6, 6.07) is 13.1. The van der Waals surface area contributed by atoms with Crippen LogP contribution in [0.4, 0.5) is 0 Å². The fourth-order valence-corrected chi connectivity index (χ4v) is 2.20. The highest BCUT2D eigenvalue weighted by Gasteiger charge is 2.10. The zero-order valence-electron chi connectivity index (χ0n) is 14.2. The number of carbonyl (C=O) groups is 1. The van der Waals surface area contributed by atoms with Crippen molar-refractivity contribution in [2.24, 2.45) is 0 Å². The molecule has 0 saturated heterocycles. The highest BCUT2D eigenvalue weighted by Crippen LogP contribution is 2.29. The molecule has 2 rings (SSSR count). The zero-order valence-corrected chi connectivity index (χ0v) is 14.2. The fourth-order valence-electron chi connectivity index (χ4n) is 2.20. The van der Waals surface area contributed by atoms with Gasteiger partial charge in [0.25, 0.3) is 0 Å². The topological polar surface area (TPSA) is 54.0 Å². The summed E-state index contributed by atoms with van der Waals surface area (Å²) in [5.74, 6) is 1.76. The smallest absolute Gasteiger partial charge is 0.310 e. The Hall–Kier alpha value is -2.69. The molecule has 5 nitrogen and oxygen atoms in total. The van der Waals surface area contributed by atoms with Crippen LogP contribution in [-0.4, -0.2) is 26.8 Å². The van der Waals surface area contributed by atoms with Gasteiger partial charge < -0.3 is 18.9 Å². The van der Waals surface area contributed by atoms with E-state index >= 15 is 0 Å². The number of ether oxygens (including phenoxy) is 4. The van der Waals surface area contributed by atoms with Gasteiger partial charge in [0.2, 0.25) is 0 Å². The average molecular weight is 330 g/mol. The van der Waals surface area contributed by atoms with Gasteiger partial charge >= 0.3 is 5.97 Å². The first kappa shape index (κ1) is 17.7. The van der Waals surface area contributed by atoms with Crippen LogP contribution in [0, 0.1) is 0 Å². The maximum Gasteiger partial charge on any atom is 0.310 e. The molecule has 0 heterocycles. The Labute approximate surface area is 142 Å². The lowest BCUT2D eigenvalue weighted by atomic mass is 10.1. The Morgan fingerprint density at radius 1 is 0.917 bits per heavy atom. The van der Waals surface area contributed by atoms with Crippen molar-refractivity contribution in [3.05, 3.63) is 53.6 Å². The third kappa shape index (κ3) is 4.91. The van der Waals surface area contributed by atoms with Crippen LogP contribution < -0.4 is 14.2 Å². The number of carbonyl (C=O) groups excluding carboxylic acids is 1. The summed E-state index contributed by atoms with van der Waals surface area (Å²) in [4.78, 5) is 11.6. The first-order valence-corrected chi connectivity index (χ1v) is 7.74. The Morgan fingerprint density at radius 2 is 1.62 bits per heavy atom. The third-order valence-electron chi connectivity index (χ3n) is 3.44. The number of hydrogen-bond acceptors (Lipinski definition) is 5. The molecule has 0 radical (unpaired) electrons. The SMILES string of the molecule is CCOC(=O)Cc1ccc(OCc2ccc(OC)cc2)c(OC)c1. The molecule has 128 valence electrons. The van der Waals surface area contributed by atoms with Gasteiger partial charge in [0.15, 0.2) is 11.5 Å². The molecule has 0 fully saturated rings. The van der Waals surface area contributed by atoms with Crippen molar-refractivity contribution < 1.29 is 23.7 Å². The van der Waals surface area contributed by atoms with E-state index in [9.17, 15) is 4.79 Å². The van der Waals surface area contributed by atoms with E-state index in [1.807, 2.05) is 30.3 Å². The summed E-state index contributed by atoms with van der Waals surface area (Å²) in [7, 11) is 3.21. The lowest BCUT2D eigenvalue weighted by molar-refractivity contribution is -0.142. The first-order valence-electron chi connectivity index (χ1n) is 7.74. The lowest BCUT2D eigenvalue weighted by Crippen LogP contribution is -2.07. The van der Waals surface area contributed by atoms with Crippen LogP contribution in [0.2, 0.25) is 0 Å². The highest BCUT2D eigenvalue weighted by atomic mass is 16.5. The predicted octanol–water partition coefficient (Wildman–Crippen LogP) is 3.39. The lowest BCUT2D eigenvalue weighted by Gasteiger charge is -2.12. The molecule has 0 unspecified atom stereocenters. The molecular weight excluding hydrogens is 308 g/mol. The van der Waals surface area contributed by atoms with Crippen molar-refractivity contribution >= 4 is 5.97 Å². The van der Waals surface area contributed by atoms with Gasteiger partial charge in [-0.25, -0.2) is 0 Å². The van der Waals surface area contributed by atoms with Gasteiger partial charge in [0.1, 0.15) is 12.4 Å². The molecule has 0 amide bonds. The second-order valence-corrected chi connectivity index (χ2v) is 5.10. The first-order chi connectivity index (χ1) is 11.7. The second kappa shape index (κ2) is 8.82. The van der Waals surface area contributed by atoms with Crippen LogP contribution in [0.1, 0.15) is 18.1 Å². The molecule has 0 aliphatic carbocycles. The summed E-state index contributed by atoms with van der Waals surface area (Å²) >= 11 is 0. The van der Waals surface area contributed by atoms with Gasteiger partial charge in [-0.05, 0) is 42.3 Å². The van der Waals surface area contributed by atoms with Crippen molar-refractivity contribution in [2.75, 3.05) is 20.8 Å². The standard InChI is InChI=1S/C19H22O5/c1-4-23-19(20)12-15-7-10-17(18(11-15)22-3)24-13-14-5-8-16(21-2)9-6-14/h5-11H,4,12-13H2,1-3H3. The van der Waals surface area contributed by atoms with E-state index in [1.54, 1.807) is 33.3 Å². The van der Waals surface area contributed by atoms with Crippen LogP contribution in [0.15, 0.2) is 42.5 Å². The maximum absolute atomic E-state index is 11.6. The monoisotopic (exact) mass is 330 g/mol. The summed E-state index contributed by atoms with van der Waals surface area (Å²) in [6.45, 7) is 2.57. The molecule has 0 aliphatic rings. The molecule has 0 N–H and O–H groups in total. The summed E-state index contributed by atoms with van der Waals surface area (Å²) < 4.78 is 21.3. The molecule has 5 heteroatoms. The van der Waals surface area contributed by atoms with Crippen molar-refractivity contribution in [1.82, 2.24) is 0 Å². The number of methoxy groups -OCH3 is 2. The van der Waals surface area contributed by atoms with E-state index in [4.69, 9.17) is 18.9 Å². The van der Waals surface area contributed by atoms with Gasteiger partial charge in [0.05, 0.1) is 27.2 Å². The molecule has 0 bridgehead atoms. The largest absolute Gasteiger partial charge is 0.497 e. The Morgan fingerprint density at radius 3 is 2.25 bits per heavy atom. The molecule has 0 aliphatic heterocycles. The van der Waals surface area contributed by atoms with Gasteiger partial charge in [-0.3, -0.25) is 4.79 Å². The van der Waals surface area contributed by atoms with Gasteiger partial charge in [-0.2, -0.15) is 0 Å².